The van der Waals surface area contributed by atoms with Crippen LogP contribution in [0.5, 0.6) is 0 Å². The van der Waals surface area contributed by atoms with E-state index in [2.05, 4.69) is 62.4 Å². The highest BCUT2D eigenvalue weighted by molar-refractivity contribution is 5.86. The molecule has 0 aliphatic heterocycles. The van der Waals surface area contributed by atoms with Crippen molar-refractivity contribution in [1.82, 2.24) is 0 Å². The van der Waals surface area contributed by atoms with E-state index in [4.69, 9.17) is 0 Å². The van der Waals surface area contributed by atoms with Crippen molar-refractivity contribution in [2.45, 2.75) is 26.7 Å². The van der Waals surface area contributed by atoms with Gasteiger partial charge in [0.15, 0.2) is 0 Å². The monoisotopic (exact) mass is 282 g/mol. The Bertz CT molecular complexity index is 870. The number of hydrogen-bond donors (Lipinski definition) is 0. The molecule has 0 nitrogen and oxygen atoms in total. The second-order valence-corrected chi connectivity index (χ2v) is 6.84. The summed E-state index contributed by atoms with van der Waals surface area (Å²) in [4.78, 5) is 0. The van der Waals surface area contributed by atoms with E-state index in [0.29, 0.717) is 0 Å². The lowest BCUT2D eigenvalue weighted by Crippen LogP contribution is -1.86. The first-order valence-electron chi connectivity index (χ1n) is 8.04. The van der Waals surface area contributed by atoms with Crippen molar-refractivity contribution in [2.24, 2.45) is 0 Å². The van der Waals surface area contributed by atoms with E-state index >= 15 is 0 Å². The largest absolute Gasteiger partial charge is 0.0590 e. The van der Waals surface area contributed by atoms with Crippen LogP contribution in [0.3, 0.4) is 0 Å². The Morgan fingerprint density at radius 1 is 0.500 bits per heavy atom. The van der Waals surface area contributed by atoms with E-state index in [0.717, 1.165) is 12.8 Å². The SMILES string of the molecule is Cc1ccc2c(c1)-c1cc3c(cc1C2)Cc1ccc(C)cc1-3. The second kappa shape index (κ2) is 4.10. The van der Waals surface area contributed by atoms with Gasteiger partial charge in [-0.05, 0) is 77.3 Å². The van der Waals surface area contributed by atoms with Crippen molar-refractivity contribution in [3.8, 4) is 22.3 Å². The average molecular weight is 282 g/mol. The molecule has 0 fully saturated rings. The van der Waals surface area contributed by atoms with Gasteiger partial charge >= 0.3 is 0 Å². The molecule has 0 heteroatoms. The van der Waals surface area contributed by atoms with Crippen molar-refractivity contribution in [3.63, 3.8) is 0 Å². The molecular formula is C22H18. The predicted molar refractivity (Wildman–Crippen MR) is 92.4 cm³/mol. The van der Waals surface area contributed by atoms with Gasteiger partial charge in [0, 0.05) is 0 Å². The van der Waals surface area contributed by atoms with Crippen LogP contribution in [0.15, 0.2) is 48.5 Å². The molecule has 0 amide bonds. The number of benzene rings is 3. The molecule has 0 bridgehead atoms. The number of fused-ring (bicyclic) bond motifs is 6. The zero-order valence-electron chi connectivity index (χ0n) is 13.0. The molecule has 0 saturated carbocycles. The molecule has 2 aliphatic carbocycles. The molecular weight excluding hydrogens is 264 g/mol. The third-order valence-corrected chi connectivity index (χ3v) is 5.20. The van der Waals surface area contributed by atoms with Gasteiger partial charge in [-0.1, -0.05) is 53.6 Å². The van der Waals surface area contributed by atoms with E-state index in [1.807, 2.05) is 0 Å². The summed E-state index contributed by atoms with van der Waals surface area (Å²) in [5, 5.41) is 0. The molecule has 0 unspecified atom stereocenters. The molecule has 2 aliphatic rings. The summed E-state index contributed by atoms with van der Waals surface area (Å²) in [6, 6.07) is 18.7. The highest BCUT2D eigenvalue weighted by Gasteiger charge is 2.25. The van der Waals surface area contributed by atoms with Gasteiger partial charge in [0.2, 0.25) is 0 Å². The lowest BCUT2D eigenvalue weighted by Gasteiger charge is -2.07. The van der Waals surface area contributed by atoms with Gasteiger partial charge in [-0.15, -0.1) is 0 Å². The van der Waals surface area contributed by atoms with Crippen LogP contribution in [0.1, 0.15) is 33.4 Å². The van der Waals surface area contributed by atoms with Gasteiger partial charge in [-0.25, -0.2) is 0 Å². The fourth-order valence-electron chi connectivity index (χ4n) is 4.09. The van der Waals surface area contributed by atoms with Crippen LogP contribution in [-0.2, 0) is 12.8 Å². The molecule has 0 heterocycles. The molecule has 5 rings (SSSR count). The summed E-state index contributed by atoms with van der Waals surface area (Å²) in [5.74, 6) is 0. The molecule has 0 aromatic heterocycles. The van der Waals surface area contributed by atoms with Crippen molar-refractivity contribution >= 4 is 0 Å². The Hall–Kier alpha value is -2.34. The number of rotatable bonds is 0. The lowest BCUT2D eigenvalue weighted by molar-refractivity contribution is 1.21. The third kappa shape index (κ3) is 1.58. The summed E-state index contributed by atoms with van der Waals surface area (Å²) in [5.41, 5.74) is 14.5. The zero-order valence-corrected chi connectivity index (χ0v) is 13.0. The van der Waals surface area contributed by atoms with Crippen molar-refractivity contribution in [2.75, 3.05) is 0 Å². The van der Waals surface area contributed by atoms with Crippen LogP contribution in [0.4, 0.5) is 0 Å². The zero-order chi connectivity index (χ0) is 14.8. The topological polar surface area (TPSA) is 0 Å². The second-order valence-electron chi connectivity index (χ2n) is 6.84. The van der Waals surface area contributed by atoms with E-state index in [9.17, 15) is 0 Å². The first kappa shape index (κ1) is 12.2. The fourth-order valence-corrected chi connectivity index (χ4v) is 4.09. The molecule has 3 aromatic rings. The van der Waals surface area contributed by atoms with Crippen molar-refractivity contribution < 1.29 is 0 Å². The minimum atomic E-state index is 1.09. The van der Waals surface area contributed by atoms with Crippen LogP contribution in [0, 0.1) is 13.8 Å². The molecule has 0 radical (unpaired) electrons. The van der Waals surface area contributed by atoms with E-state index in [1.165, 1.54) is 55.6 Å². The summed E-state index contributed by atoms with van der Waals surface area (Å²) in [6.07, 6.45) is 2.18. The summed E-state index contributed by atoms with van der Waals surface area (Å²) < 4.78 is 0. The van der Waals surface area contributed by atoms with Gasteiger partial charge in [0.05, 0.1) is 0 Å². The van der Waals surface area contributed by atoms with Crippen LogP contribution < -0.4 is 0 Å². The maximum absolute atomic E-state index is 2.45. The highest BCUT2D eigenvalue weighted by Crippen LogP contribution is 2.45. The number of hydrogen-bond acceptors (Lipinski definition) is 0. The van der Waals surface area contributed by atoms with Crippen LogP contribution in [0.25, 0.3) is 22.3 Å². The fraction of sp³-hybridized carbons (Fsp3) is 0.182. The highest BCUT2D eigenvalue weighted by atomic mass is 14.3. The Balaban J connectivity index is 1.76. The van der Waals surface area contributed by atoms with Crippen molar-refractivity contribution in [1.29, 1.82) is 0 Å². The molecule has 0 atom stereocenters. The Morgan fingerprint density at radius 3 is 1.45 bits per heavy atom. The van der Waals surface area contributed by atoms with E-state index in [1.54, 1.807) is 0 Å². The minimum Gasteiger partial charge on any atom is -0.0590 e. The van der Waals surface area contributed by atoms with E-state index in [-0.39, 0.29) is 0 Å². The first-order chi connectivity index (χ1) is 10.7. The summed E-state index contributed by atoms with van der Waals surface area (Å²) >= 11 is 0. The minimum absolute atomic E-state index is 1.09. The first-order valence-corrected chi connectivity index (χ1v) is 8.04. The maximum Gasteiger partial charge on any atom is -0.00133 e. The maximum atomic E-state index is 2.45. The normalized spacial score (nSPS) is 13.5. The van der Waals surface area contributed by atoms with Gasteiger partial charge in [0.1, 0.15) is 0 Å². The summed E-state index contributed by atoms with van der Waals surface area (Å²) in [7, 11) is 0. The predicted octanol–water partition coefficient (Wildman–Crippen LogP) is 5.45. The molecule has 3 aromatic carbocycles. The van der Waals surface area contributed by atoms with Gasteiger partial charge in [0.25, 0.3) is 0 Å². The van der Waals surface area contributed by atoms with Gasteiger partial charge < -0.3 is 0 Å². The Labute approximate surface area is 131 Å². The van der Waals surface area contributed by atoms with Crippen LogP contribution in [0.2, 0.25) is 0 Å². The molecule has 0 saturated heterocycles. The van der Waals surface area contributed by atoms with E-state index < -0.39 is 0 Å². The Morgan fingerprint density at radius 2 is 0.955 bits per heavy atom. The number of aryl methyl sites for hydroxylation is 2. The summed E-state index contributed by atoms with van der Waals surface area (Å²) in [6.45, 7) is 4.37. The molecule has 22 heavy (non-hydrogen) atoms. The molecule has 106 valence electrons. The average Bonchev–Trinajstić information content (AvgIpc) is 3.02. The van der Waals surface area contributed by atoms with Gasteiger partial charge in [-0.3, -0.25) is 0 Å². The lowest BCUT2D eigenvalue weighted by atomic mass is 9.97. The smallest absolute Gasteiger partial charge is 0.00133 e. The Kier molecular flexibility index (Phi) is 2.28. The van der Waals surface area contributed by atoms with Crippen molar-refractivity contribution in [3.05, 3.63) is 81.9 Å². The molecule has 0 N–H and O–H groups in total. The third-order valence-electron chi connectivity index (χ3n) is 5.20. The van der Waals surface area contributed by atoms with Crippen LogP contribution in [-0.4, -0.2) is 0 Å². The quantitative estimate of drug-likeness (QED) is 0.354. The molecule has 0 spiro atoms. The van der Waals surface area contributed by atoms with Crippen LogP contribution >= 0.6 is 0 Å². The standard InChI is InChI=1S/C22H18/c1-13-3-5-15-9-17-11-18-10-16-6-4-14(2)8-20(16)22(18)12-21(17)19(15)7-13/h3-8,11-12H,9-10H2,1-2H3. The van der Waals surface area contributed by atoms with Gasteiger partial charge in [-0.2, -0.15) is 0 Å².